The van der Waals surface area contributed by atoms with E-state index >= 15 is 0 Å². The minimum atomic E-state index is -0.632. The molecule has 5 aliphatic rings. The Kier molecular flexibility index (Phi) is 4.80. The Hall–Kier alpha value is -2.20. The van der Waals surface area contributed by atoms with Crippen LogP contribution in [0.15, 0.2) is 23.3 Å². The van der Waals surface area contributed by atoms with Crippen LogP contribution in [0.2, 0.25) is 0 Å². The van der Waals surface area contributed by atoms with Crippen molar-refractivity contribution in [3.05, 3.63) is 23.3 Å². The number of nitriles is 2. The summed E-state index contributed by atoms with van der Waals surface area (Å²) in [4.78, 5) is 27.1. The molecule has 0 aliphatic heterocycles. The van der Waals surface area contributed by atoms with Crippen molar-refractivity contribution in [1.82, 2.24) is 0 Å². The third-order valence-electron chi connectivity index (χ3n) is 11.3. The first-order valence-corrected chi connectivity index (χ1v) is 13.1. The smallest absolute Gasteiger partial charge is 0.178 e. The van der Waals surface area contributed by atoms with Gasteiger partial charge in [-0.1, -0.05) is 53.2 Å². The van der Waals surface area contributed by atoms with Crippen molar-refractivity contribution < 1.29 is 9.59 Å². The largest absolute Gasteiger partial charge is 0.295 e. The van der Waals surface area contributed by atoms with E-state index in [1.54, 1.807) is 0 Å². The van der Waals surface area contributed by atoms with Crippen LogP contribution in [0.1, 0.15) is 86.5 Å². The summed E-state index contributed by atoms with van der Waals surface area (Å²) in [7, 11) is 0. The van der Waals surface area contributed by atoms with Crippen molar-refractivity contribution in [3.8, 4) is 12.1 Å². The number of fused-ring (bicyclic) bond motifs is 7. The maximum atomic E-state index is 14.0. The molecule has 0 aromatic heterocycles. The highest BCUT2D eigenvalue weighted by molar-refractivity contribution is 6.04. The van der Waals surface area contributed by atoms with E-state index in [9.17, 15) is 20.1 Å². The Morgan fingerprint density at radius 1 is 0.912 bits per heavy atom. The highest BCUT2D eigenvalue weighted by atomic mass is 16.1. The zero-order valence-electron chi connectivity index (χ0n) is 21.6. The maximum Gasteiger partial charge on any atom is 0.178 e. The summed E-state index contributed by atoms with van der Waals surface area (Å²) in [5.41, 5.74) is -0.110. The van der Waals surface area contributed by atoms with Gasteiger partial charge in [0.1, 0.15) is 6.07 Å². The molecule has 5 aliphatic carbocycles. The summed E-state index contributed by atoms with van der Waals surface area (Å²) in [6, 6.07) is 4.89. The lowest BCUT2D eigenvalue weighted by Gasteiger charge is -2.64. The molecule has 5 rings (SSSR count). The maximum absolute atomic E-state index is 14.0. The van der Waals surface area contributed by atoms with E-state index in [1.165, 1.54) is 0 Å². The number of rotatable bonds is 0. The van der Waals surface area contributed by atoms with Gasteiger partial charge in [-0.15, -0.1) is 0 Å². The Morgan fingerprint density at radius 3 is 2.26 bits per heavy atom. The predicted octanol–water partition coefficient (Wildman–Crippen LogP) is 6.34. The number of Topliss-reactive ketones (excluding diaryl/α,β-unsaturated/α-hetero) is 1. The first-order chi connectivity index (χ1) is 15.8. The standard InChI is InChI=1S/C30H38N2O2/c1-26(2)11-12-30(17-32)10-7-19-24(20(30)15-26)21(33)13-23-28(19,5)9-8-22-27(3,4)25(34)18(16-31)14-29(22,23)6/h13-14,19-20,22,24H,7-12,15H2,1-6H3/t19?,20?,22?,24-,28?,29?,30?/m0/s1. The van der Waals surface area contributed by atoms with Crippen molar-refractivity contribution in [2.24, 2.45) is 50.7 Å². The average Bonchev–Trinajstić information content (AvgIpc) is 2.77. The van der Waals surface area contributed by atoms with Gasteiger partial charge < -0.3 is 0 Å². The fraction of sp³-hybridized carbons (Fsp3) is 0.733. The number of nitrogens with zero attached hydrogens (tertiary/aromatic N) is 2. The average molecular weight is 459 g/mol. The lowest BCUT2D eigenvalue weighted by molar-refractivity contribution is -0.142. The number of carbonyl (C=O) groups is 2. The highest BCUT2D eigenvalue weighted by Gasteiger charge is 2.65. The third-order valence-corrected chi connectivity index (χ3v) is 11.3. The molecule has 0 radical (unpaired) electrons. The van der Waals surface area contributed by atoms with Gasteiger partial charge in [-0.25, -0.2) is 0 Å². The van der Waals surface area contributed by atoms with E-state index < -0.39 is 10.8 Å². The minimum Gasteiger partial charge on any atom is -0.295 e. The highest BCUT2D eigenvalue weighted by Crippen LogP contribution is 2.70. The molecule has 0 N–H and O–H groups in total. The van der Waals surface area contributed by atoms with Gasteiger partial charge in [0.25, 0.3) is 0 Å². The van der Waals surface area contributed by atoms with Crippen molar-refractivity contribution >= 4 is 11.6 Å². The van der Waals surface area contributed by atoms with Crippen LogP contribution in [0, 0.1) is 73.4 Å². The van der Waals surface area contributed by atoms with Gasteiger partial charge in [0.15, 0.2) is 11.6 Å². The molecule has 34 heavy (non-hydrogen) atoms. The monoisotopic (exact) mass is 458 g/mol. The van der Waals surface area contributed by atoms with Crippen molar-refractivity contribution in [2.45, 2.75) is 86.5 Å². The molecule has 4 heteroatoms. The minimum absolute atomic E-state index is 0.0670. The number of ketones is 2. The van der Waals surface area contributed by atoms with Crippen LogP contribution >= 0.6 is 0 Å². The summed E-state index contributed by atoms with van der Waals surface area (Å²) in [6.07, 6.45) is 10.4. The van der Waals surface area contributed by atoms with Crippen molar-refractivity contribution in [2.75, 3.05) is 0 Å². The predicted molar refractivity (Wildman–Crippen MR) is 130 cm³/mol. The molecule has 0 aromatic carbocycles. The molecule has 180 valence electrons. The van der Waals surface area contributed by atoms with Crippen LogP contribution in [0.4, 0.5) is 0 Å². The van der Waals surface area contributed by atoms with Crippen LogP contribution < -0.4 is 0 Å². The molecule has 4 nitrogen and oxygen atoms in total. The van der Waals surface area contributed by atoms with Crippen LogP contribution in [0.3, 0.4) is 0 Å². The van der Waals surface area contributed by atoms with E-state index in [4.69, 9.17) is 0 Å². The number of hydrogen-bond donors (Lipinski definition) is 0. The fourth-order valence-corrected chi connectivity index (χ4v) is 9.47. The summed E-state index contributed by atoms with van der Waals surface area (Å²) in [5, 5.41) is 20.1. The van der Waals surface area contributed by atoms with Crippen molar-refractivity contribution in [3.63, 3.8) is 0 Å². The first kappa shape index (κ1) is 23.5. The molecule has 0 heterocycles. The SMILES string of the molecule is CC1(C)CCC2(C#N)CCC3[C@H](C(=O)C=C4C5(C)C=C(C#N)C(=O)C(C)(C)C5CCC43C)C2C1. The topological polar surface area (TPSA) is 81.7 Å². The second-order valence-electron chi connectivity index (χ2n) is 13.9. The lowest BCUT2D eigenvalue weighted by atomic mass is 9.38. The van der Waals surface area contributed by atoms with Crippen LogP contribution in [0.25, 0.3) is 0 Å². The Bertz CT molecular complexity index is 1130. The Morgan fingerprint density at radius 2 is 1.62 bits per heavy atom. The number of allylic oxidation sites excluding steroid dienone is 4. The molecule has 0 bridgehead atoms. The van der Waals surface area contributed by atoms with Crippen molar-refractivity contribution in [1.29, 1.82) is 10.5 Å². The summed E-state index contributed by atoms with van der Waals surface area (Å²) in [5.74, 6) is 0.425. The lowest BCUT2D eigenvalue weighted by Crippen LogP contribution is -2.60. The van der Waals surface area contributed by atoms with Gasteiger partial charge in [0.2, 0.25) is 0 Å². The molecule has 7 atom stereocenters. The van der Waals surface area contributed by atoms with Gasteiger partial charge in [0.05, 0.1) is 17.1 Å². The fourth-order valence-electron chi connectivity index (χ4n) is 9.47. The van der Waals surface area contributed by atoms with Gasteiger partial charge in [0, 0.05) is 16.7 Å². The quantitative estimate of drug-likeness (QED) is 0.424. The molecular weight excluding hydrogens is 420 g/mol. The van der Waals surface area contributed by atoms with Crippen LogP contribution in [-0.2, 0) is 9.59 Å². The van der Waals surface area contributed by atoms with Gasteiger partial charge in [-0.3, -0.25) is 9.59 Å². The third kappa shape index (κ3) is 2.81. The van der Waals surface area contributed by atoms with E-state index in [0.717, 1.165) is 50.5 Å². The molecular formula is C30H38N2O2. The van der Waals surface area contributed by atoms with Crippen LogP contribution in [-0.4, -0.2) is 11.6 Å². The first-order valence-electron chi connectivity index (χ1n) is 13.1. The summed E-state index contributed by atoms with van der Waals surface area (Å²) < 4.78 is 0. The van der Waals surface area contributed by atoms with Gasteiger partial charge >= 0.3 is 0 Å². The second kappa shape index (κ2) is 6.94. The molecule has 3 saturated carbocycles. The molecule has 0 spiro atoms. The number of carbonyl (C=O) groups excluding carboxylic acids is 2. The molecule has 0 aromatic rings. The van der Waals surface area contributed by atoms with E-state index in [-0.39, 0.29) is 57.1 Å². The second-order valence-corrected chi connectivity index (χ2v) is 13.9. The molecule has 0 saturated heterocycles. The Labute approximate surface area is 204 Å². The van der Waals surface area contributed by atoms with E-state index in [2.05, 4.69) is 39.8 Å². The molecule has 3 fully saturated rings. The summed E-state index contributed by atoms with van der Waals surface area (Å²) in [6.45, 7) is 13.0. The van der Waals surface area contributed by atoms with E-state index in [1.807, 2.05) is 26.0 Å². The summed E-state index contributed by atoms with van der Waals surface area (Å²) >= 11 is 0. The Balaban J connectivity index is 1.66. The van der Waals surface area contributed by atoms with Gasteiger partial charge in [-0.05, 0) is 79.6 Å². The molecule has 0 amide bonds. The zero-order chi connectivity index (χ0) is 24.9. The zero-order valence-corrected chi connectivity index (χ0v) is 21.6. The van der Waals surface area contributed by atoms with Gasteiger partial charge in [-0.2, -0.15) is 10.5 Å². The normalized spacial score (nSPS) is 46.4. The number of hydrogen-bond acceptors (Lipinski definition) is 4. The van der Waals surface area contributed by atoms with E-state index in [0.29, 0.717) is 0 Å². The van der Waals surface area contributed by atoms with Crippen LogP contribution in [0.5, 0.6) is 0 Å². The molecule has 6 unspecified atom stereocenters.